The second kappa shape index (κ2) is 0.515. The van der Waals surface area contributed by atoms with E-state index in [2.05, 4.69) is 13.8 Å². The van der Waals surface area contributed by atoms with Gasteiger partial charge in [0.25, 0.3) is 0 Å². The number of hydrogen-bond donors (Lipinski definition) is 0. The van der Waals surface area contributed by atoms with E-state index in [9.17, 15) is 0 Å². The summed E-state index contributed by atoms with van der Waals surface area (Å²) in [6.45, 7) is 7.54. The van der Waals surface area contributed by atoms with Crippen LogP contribution < -0.4 is 0 Å². The second-order valence-corrected chi connectivity index (χ2v) is 2.00. The van der Waals surface area contributed by atoms with Crippen LogP contribution in [0.1, 0.15) is 12.8 Å². The third kappa shape index (κ3) is 0.571. The fourth-order valence-electron chi connectivity index (χ4n) is 0.177. The minimum atomic E-state index is 0.250. The lowest BCUT2D eigenvalue weighted by Gasteiger charge is -1.87. The van der Waals surface area contributed by atoms with Crippen LogP contribution in [0.2, 0.25) is 0 Å². The summed E-state index contributed by atoms with van der Waals surface area (Å²) in [4.78, 5) is 0. The first kappa shape index (κ1) is 3.08. The molecule has 0 N–H and O–H groups in total. The van der Waals surface area contributed by atoms with Crippen LogP contribution in [0.4, 0.5) is 0 Å². The first-order valence-electron chi connectivity index (χ1n) is 1.91. The van der Waals surface area contributed by atoms with Gasteiger partial charge in [0.2, 0.25) is 0 Å². The van der Waals surface area contributed by atoms with E-state index < -0.39 is 0 Å². The van der Waals surface area contributed by atoms with Gasteiger partial charge in [0.05, 0.1) is 0 Å². The monoisotopic (exact) mass is 68.1 g/mol. The van der Waals surface area contributed by atoms with E-state index in [4.69, 9.17) is 0 Å². The molecule has 0 aliphatic heterocycles. The minimum absolute atomic E-state index is 0.250. The molecular weight excluding hydrogens is 60.1 g/mol. The quantitative estimate of drug-likeness (QED) is 0.377. The summed E-state index contributed by atoms with van der Waals surface area (Å²) >= 11 is 0. The van der Waals surface area contributed by atoms with E-state index in [1.807, 2.05) is 0 Å². The van der Waals surface area contributed by atoms with Gasteiger partial charge in [-0.1, -0.05) is 0 Å². The topological polar surface area (TPSA) is 0 Å². The average molecular weight is 68.1 g/mol. The summed E-state index contributed by atoms with van der Waals surface area (Å²) in [6.07, 6.45) is 2.46. The maximum absolute atomic E-state index is 3.77. The molecule has 1 fully saturated rings. The van der Waals surface area contributed by atoms with Gasteiger partial charge < -0.3 is 0 Å². The summed E-state index contributed by atoms with van der Waals surface area (Å²) in [5, 5.41) is 0. The molecule has 0 atom stereocenters. The molecule has 28 valence electrons. The molecule has 0 amide bonds. The molecule has 1 rings (SSSR count). The lowest BCUT2D eigenvalue weighted by Crippen LogP contribution is -1.77. The average Bonchev–Trinajstić information content (AvgIpc) is 1.76. The fourth-order valence-corrected chi connectivity index (χ4v) is 0.177. The van der Waals surface area contributed by atoms with E-state index in [1.54, 1.807) is 0 Å². The zero-order valence-corrected chi connectivity index (χ0v) is 3.33. The van der Waals surface area contributed by atoms with Crippen molar-refractivity contribution < 1.29 is 0 Å². The highest BCUT2D eigenvalue weighted by Crippen LogP contribution is 2.42. The van der Waals surface area contributed by atoms with Crippen LogP contribution >= 0.6 is 0 Å². The molecular formula is C5H8. The van der Waals surface area contributed by atoms with Crippen LogP contribution in [0.25, 0.3) is 0 Å². The van der Waals surface area contributed by atoms with Gasteiger partial charge in [-0.15, -0.1) is 0 Å². The van der Waals surface area contributed by atoms with Crippen molar-refractivity contribution in [3.8, 4) is 0 Å². The van der Waals surface area contributed by atoms with Crippen LogP contribution in [-0.4, -0.2) is 0 Å². The Kier molecular flexibility index (Phi) is 0.317. The first-order chi connectivity index (χ1) is 2.21. The minimum Gasteiger partial charge on any atom is -0.293 e. The van der Waals surface area contributed by atoms with Crippen molar-refractivity contribution in [1.29, 1.82) is 0 Å². The van der Waals surface area contributed by atoms with Crippen LogP contribution in [-0.2, 0) is 0 Å². The van der Waals surface area contributed by atoms with E-state index in [0.717, 1.165) is 0 Å². The Bertz CT molecular complexity index is 38.0. The third-order valence-electron chi connectivity index (χ3n) is 0.957. The highest BCUT2D eigenvalue weighted by atomic mass is 14.4. The summed E-state index contributed by atoms with van der Waals surface area (Å²) in [5.41, 5.74) is 0.250. The van der Waals surface area contributed by atoms with Crippen molar-refractivity contribution in [3.63, 3.8) is 0 Å². The maximum atomic E-state index is 3.77. The van der Waals surface area contributed by atoms with Gasteiger partial charge >= 0.3 is 0 Å². The summed E-state index contributed by atoms with van der Waals surface area (Å²) < 4.78 is 0. The fraction of sp³-hybridized carbons (Fsp3) is 0.600. The van der Waals surface area contributed by atoms with Crippen molar-refractivity contribution in [2.45, 2.75) is 12.8 Å². The highest BCUT2D eigenvalue weighted by Gasteiger charge is 2.31. The van der Waals surface area contributed by atoms with Gasteiger partial charge in [-0.25, -0.2) is 0 Å². The third-order valence-corrected chi connectivity index (χ3v) is 0.957. The predicted molar refractivity (Wildman–Crippen MR) is 22.4 cm³/mol. The standard InChI is InChI=1S/C5H8/c1-5(2)3-4-5/h1-4H2. The van der Waals surface area contributed by atoms with Crippen LogP contribution in [0, 0.1) is 19.3 Å². The molecule has 1 saturated carbocycles. The summed E-state index contributed by atoms with van der Waals surface area (Å²) in [5.74, 6) is 0. The molecule has 0 aromatic heterocycles. The number of rotatable bonds is 0. The van der Waals surface area contributed by atoms with Crippen LogP contribution in [0.15, 0.2) is 0 Å². The molecule has 0 aromatic rings. The molecule has 0 aromatic carbocycles. The number of hydrogen-bond acceptors (Lipinski definition) is 0. The van der Waals surface area contributed by atoms with Gasteiger partial charge in [-0.05, 0) is 18.3 Å². The molecule has 1 aliphatic rings. The molecule has 0 heteroatoms. The Labute approximate surface area is 33.2 Å². The van der Waals surface area contributed by atoms with E-state index >= 15 is 0 Å². The molecule has 0 radical (unpaired) electrons. The Morgan fingerprint density at radius 1 is 1.60 bits per heavy atom. The highest BCUT2D eigenvalue weighted by molar-refractivity contribution is 4.97. The lowest BCUT2D eigenvalue weighted by molar-refractivity contribution is 0.847. The predicted octanol–water partition coefficient (Wildman–Crippen LogP) is 1.43. The van der Waals surface area contributed by atoms with Gasteiger partial charge in [0.15, 0.2) is 0 Å². The zero-order chi connectivity index (χ0) is 3.91. The zero-order valence-electron chi connectivity index (χ0n) is 3.33. The molecule has 0 saturated heterocycles. The summed E-state index contributed by atoms with van der Waals surface area (Å²) in [6, 6.07) is 0. The lowest BCUT2D eigenvalue weighted by atomic mass is 10.2. The molecule has 0 heterocycles. The molecule has 0 spiro atoms. The smallest absolute Gasteiger partial charge is 0.0363 e. The van der Waals surface area contributed by atoms with Crippen LogP contribution in [0.5, 0.6) is 0 Å². The first-order valence-corrected chi connectivity index (χ1v) is 1.91. The SMILES string of the molecule is [CH2+]C1([CH2-])CC1. The van der Waals surface area contributed by atoms with Crippen molar-refractivity contribution in [3.05, 3.63) is 13.8 Å². The molecule has 0 unspecified atom stereocenters. The normalized spacial score (nSPS) is 29.8. The van der Waals surface area contributed by atoms with Gasteiger partial charge in [-0.2, -0.15) is 0 Å². The molecule has 0 nitrogen and oxygen atoms in total. The van der Waals surface area contributed by atoms with Crippen molar-refractivity contribution >= 4 is 0 Å². The Hall–Kier alpha value is -0.130. The molecule has 0 bridgehead atoms. The van der Waals surface area contributed by atoms with Gasteiger partial charge in [0, 0.05) is 6.92 Å². The Morgan fingerprint density at radius 3 is 1.80 bits per heavy atom. The van der Waals surface area contributed by atoms with Crippen molar-refractivity contribution in [1.82, 2.24) is 0 Å². The maximum Gasteiger partial charge on any atom is 0.0363 e. The Morgan fingerprint density at radius 2 is 1.80 bits per heavy atom. The van der Waals surface area contributed by atoms with E-state index in [1.165, 1.54) is 12.8 Å². The van der Waals surface area contributed by atoms with E-state index in [0.29, 0.717) is 0 Å². The van der Waals surface area contributed by atoms with Crippen molar-refractivity contribution in [2.24, 2.45) is 5.41 Å². The van der Waals surface area contributed by atoms with Gasteiger partial charge in [0.1, 0.15) is 0 Å². The molecule has 5 heavy (non-hydrogen) atoms. The van der Waals surface area contributed by atoms with E-state index in [-0.39, 0.29) is 5.41 Å². The second-order valence-electron chi connectivity index (χ2n) is 2.00. The van der Waals surface area contributed by atoms with Gasteiger partial charge in [-0.3, -0.25) is 6.92 Å². The largest absolute Gasteiger partial charge is 0.293 e. The Balaban J connectivity index is 2.38. The van der Waals surface area contributed by atoms with Crippen molar-refractivity contribution in [2.75, 3.05) is 0 Å². The van der Waals surface area contributed by atoms with Crippen LogP contribution in [0.3, 0.4) is 0 Å². The molecule has 1 aliphatic carbocycles. The summed E-state index contributed by atoms with van der Waals surface area (Å²) in [7, 11) is 0.